The third kappa shape index (κ3) is 3.46. The number of ether oxygens (including phenoxy) is 2. The predicted octanol–water partition coefficient (Wildman–Crippen LogP) is 0.920. The van der Waals surface area contributed by atoms with Crippen molar-refractivity contribution in [3.05, 3.63) is 58.3 Å². The van der Waals surface area contributed by atoms with Crippen molar-refractivity contribution in [1.82, 2.24) is 4.98 Å². The van der Waals surface area contributed by atoms with Gasteiger partial charge in [-0.2, -0.15) is 0 Å². The summed E-state index contributed by atoms with van der Waals surface area (Å²) in [5.74, 6) is -4.44. The van der Waals surface area contributed by atoms with Crippen LogP contribution in [0.2, 0.25) is 0 Å². The number of ketones is 2. The largest absolute Gasteiger partial charge is 0.507 e. The molecule has 2 aliphatic carbocycles. The van der Waals surface area contributed by atoms with Crippen LogP contribution in [0.1, 0.15) is 63.1 Å². The van der Waals surface area contributed by atoms with Gasteiger partial charge >= 0.3 is 0 Å². The number of carbonyl (C=O) groups is 2. The molecule has 2 saturated heterocycles. The minimum Gasteiger partial charge on any atom is -0.507 e. The van der Waals surface area contributed by atoms with Gasteiger partial charge in [-0.15, -0.1) is 0 Å². The van der Waals surface area contributed by atoms with Gasteiger partial charge in [0, 0.05) is 35.7 Å². The van der Waals surface area contributed by atoms with E-state index in [-0.39, 0.29) is 53.1 Å². The van der Waals surface area contributed by atoms with Crippen molar-refractivity contribution in [2.75, 3.05) is 18.5 Å². The van der Waals surface area contributed by atoms with Gasteiger partial charge in [0.05, 0.1) is 23.3 Å². The average Bonchev–Trinajstić information content (AvgIpc) is 2.99. The Morgan fingerprint density at radius 3 is 2.59 bits per heavy atom. The number of carbonyl (C=O) groups excluding carboxylic acids is 2. The number of hydrogen-bond acceptors (Lipinski definition) is 12. The van der Waals surface area contributed by atoms with E-state index in [2.05, 4.69) is 10.3 Å². The normalized spacial score (nSPS) is 37.0. The zero-order valence-corrected chi connectivity index (χ0v) is 23.8. The van der Waals surface area contributed by atoms with E-state index in [9.17, 15) is 40.2 Å². The molecule has 12 nitrogen and oxygen atoms in total. The molecule has 3 aromatic rings. The number of phenolic OH excluding ortho intramolecular Hbond substituents is 1. The van der Waals surface area contributed by atoms with Gasteiger partial charge in [0.15, 0.2) is 5.78 Å². The molecule has 1 aromatic heterocycles. The smallest absolute Gasteiger partial charge is 0.240 e. The van der Waals surface area contributed by atoms with Crippen LogP contribution >= 0.6 is 0 Å². The van der Waals surface area contributed by atoms with Crippen LogP contribution in [0.3, 0.4) is 0 Å². The van der Waals surface area contributed by atoms with Gasteiger partial charge in [-0.3, -0.25) is 9.59 Å². The summed E-state index contributed by atoms with van der Waals surface area (Å²) in [7, 11) is 0. The number of rotatable bonds is 1. The Bertz CT molecular complexity index is 1790. The third-order valence-electron chi connectivity index (χ3n) is 10.6. The number of anilines is 1. The highest BCUT2D eigenvalue weighted by Gasteiger charge is 2.70. The summed E-state index contributed by atoms with van der Waals surface area (Å²) in [4.78, 5) is 32.9. The molecule has 7 N–H and O–H groups in total. The zero-order chi connectivity index (χ0) is 30.9. The first-order chi connectivity index (χ1) is 20.9. The maximum Gasteiger partial charge on any atom is 0.240 e. The van der Waals surface area contributed by atoms with Gasteiger partial charge in [-0.25, -0.2) is 4.98 Å². The fourth-order valence-corrected chi connectivity index (χ4v) is 8.62. The number of β-amino-alcohol motifs (C(OH)–C–C–N with tert-alkyl or cyclic N) is 1. The Balaban J connectivity index is 1.43. The van der Waals surface area contributed by atoms with E-state index in [0.717, 1.165) is 0 Å². The summed E-state index contributed by atoms with van der Waals surface area (Å²) < 4.78 is 12.9. The summed E-state index contributed by atoms with van der Waals surface area (Å²) >= 11 is 0. The Kier molecular flexibility index (Phi) is 5.68. The number of benzene rings is 2. The molecule has 44 heavy (non-hydrogen) atoms. The number of nitrogens with one attached hydrogen (secondary N) is 1. The second kappa shape index (κ2) is 8.96. The Morgan fingerprint density at radius 1 is 1.02 bits per heavy atom. The first-order valence-corrected chi connectivity index (χ1v) is 14.8. The van der Waals surface area contributed by atoms with Crippen LogP contribution in [0.15, 0.2) is 30.5 Å². The lowest BCUT2D eigenvalue weighted by Gasteiger charge is -2.63. The highest BCUT2D eigenvalue weighted by molar-refractivity contribution is 6.34. The standard InChI is InChI=1S/C32H32N2O10/c1-13-6-17-21(19(36)7-13)25(38)23-20-8-16-15(22(23)24(17)37)3-5-33-29(16)34-11-30(42)4-2-18-14(9-30)10-32(43-20)28(41)26(39)27(40)31(18,12-35)44-32/h3,5-8,14,18,26-28,35-36,39-42H,2,4,9-12H2,1H3,(H,33,34)/t14-,18+,26-,27-,28+,30+,31-,32+/m0/s1. The first kappa shape index (κ1) is 27.9. The van der Waals surface area contributed by atoms with Gasteiger partial charge in [-0.1, -0.05) is 0 Å². The molecule has 0 amide bonds. The van der Waals surface area contributed by atoms with Crippen molar-refractivity contribution in [2.45, 2.75) is 67.9 Å². The second-order valence-corrected chi connectivity index (χ2v) is 13.1. The monoisotopic (exact) mass is 604 g/mol. The van der Waals surface area contributed by atoms with Gasteiger partial charge in [0.25, 0.3) is 0 Å². The van der Waals surface area contributed by atoms with E-state index in [4.69, 9.17) is 9.47 Å². The van der Waals surface area contributed by atoms with Crippen molar-refractivity contribution in [3.63, 3.8) is 0 Å². The molecule has 1 saturated carbocycles. The number of aromatic hydroxyl groups is 1. The summed E-state index contributed by atoms with van der Waals surface area (Å²) in [6, 6.07) is 6.01. The Hall–Kier alpha value is -3.65. The zero-order valence-electron chi connectivity index (χ0n) is 23.8. The van der Waals surface area contributed by atoms with Crippen molar-refractivity contribution < 1.29 is 49.7 Å². The highest BCUT2D eigenvalue weighted by atomic mass is 16.7. The quantitative estimate of drug-likeness (QED) is 0.162. The van der Waals surface area contributed by atoms with E-state index in [1.54, 1.807) is 13.0 Å². The minimum absolute atomic E-state index is 0.00538. The van der Waals surface area contributed by atoms with Gasteiger partial charge < -0.3 is 45.4 Å². The number of phenols is 1. The average molecular weight is 605 g/mol. The van der Waals surface area contributed by atoms with Crippen LogP contribution in [0, 0.1) is 18.8 Å². The SMILES string of the molecule is Cc1cc(O)c2c(c1)C(=O)c1c(c3cc4c(nccc14)NC[C@@]1(O)CC[C@@H]4[C@@H](C1)C[C@@]1(O3)O[C@]4(CO)[C@@H](O)[C@H](O)[C@H]1O)C2=O. The molecule has 1 spiro atoms. The van der Waals surface area contributed by atoms with E-state index < -0.39 is 65.3 Å². The van der Waals surface area contributed by atoms with Gasteiger partial charge in [0.2, 0.25) is 11.6 Å². The third-order valence-corrected chi connectivity index (χ3v) is 10.6. The predicted molar refractivity (Wildman–Crippen MR) is 153 cm³/mol. The highest BCUT2D eigenvalue weighted by Crippen LogP contribution is 2.58. The molecule has 3 fully saturated rings. The number of fused-ring (bicyclic) bond motifs is 8. The van der Waals surface area contributed by atoms with E-state index >= 15 is 0 Å². The maximum absolute atomic E-state index is 14.2. The number of aliphatic hydroxyl groups is 5. The lowest BCUT2D eigenvalue weighted by molar-refractivity contribution is -0.416. The van der Waals surface area contributed by atoms with Crippen molar-refractivity contribution in [3.8, 4) is 11.5 Å². The lowest BCUT2D eigenvalue weighted by Crippen LogP contribution is -2.79. The molecule has 5 aliphatic rings. The number of nitrogens with zero attached hydrogens (tertiary/aromatic N) is 1. The number of aromatic nitrogens is 1. The summed E-state index contributed by atoms with van der Waals surface area (Å²) in [6.07, 6.45) is -3.02. The molecule has 230 valence electrons. The Labute approximate surface area is 250 Å². The van der Waals surface area contributed by atoms with Crippen LogP contribution in [0.4, 0.5) is 5.82 Å². The molecule has 3 aliphatic heterocycles. The number of aliphatic hydroxyl groups excluding tert-OH is 4. The van der Waals surface area contributed by atoms with Gasteiger partial charge in [0.1, 0.15) is 41.2 Å². The van der Waals surface area contributed by atoms with E-state index in [1.165, 1.54) is 24.4 Å². The fourth-order valence-electron chi connectivity index (χ4n) is 8.62. The molecule has 0 radical (unpaired) electrons. The Morgan fingerprint density at radius 2 is 1.82 bits per heavy atom. The van der Waals surface area contributed by atoms with Gasteiger partial charge in [-0.05, 0) is 73.2 Å². The molecule has 8 rings (SSSR count). The molecular formula is C32H32N2O10. The van der Waals surface area contributed by atoms with E-state index in [0.29, 0.717) is 35.0 Å². The maximum atomic E-state index is 14.2. The van der Waals surface area contributed by atoms with Crippen molar-refractivity contribution in [2.24, 2.45) is 11.8 Å². The van der Waals surface area contributed by atoms with Crippen molar-refractivity contribution >= 4 is 28.2 Å². The van der Waals surface area contributed by atoms with Crippen LogP contribution in [-0.4, -0.2) is 95.6 Å². The molecule has 6 bridgehead atoms. The molecule has 0 unspecified atom stereocenters. The number of pyridine rings is 1. The lowest BCUT2D eigenvalue weighted by atomic mass is 9.57. The fraction of sp³-hybridized carbons (Fsp3) is 0.469. The molecule has 4 heterocycles. The topological polar surface area (TPSA) is 199 Å². The van der Waals surface area contributed by atoms with Crippen LogP contribution in [-0.2, 0) is 4.74 Å². The second-order valence-electron chi connectivity index (χ2n) is 13.1. The molecular weight excluding hydrogens is 572 g/mol. The van der Waals surface area contributed by atoms with E-state index in [1.807, 2.05) is 0 Å². The summed E-state index contributed by atoms with van der Waals surface area (Å²) in [5.41, 5.74) is -2.71. The summed E-state index contributed by atoms with van der Waals surface area (Å²) in [5, 5.41) is 71.2. The minimum atomic E-state index is -2.09. The van der Waals surface area contributed by atoms with Crippen LogP contribution < -0.4 is 10.1 Å². The molecule has 8 atom stereocenters. The number of hydrogen-bond donors (Lipinski definition) is 7. The van der Waals surface area contributed by atoms with Crippen LogP contribution in [0.5, 0.6) is 11.5 Å². The first-order valence-electron chi connectivity index (χ1n) is 14.8. The molecule has 12 heteroatoms. The molecule has 2 aromatic carbocycles. The van der Waals surface area contributed by atoms with Crippen molar-refractivity contribution in [1.29, 1.82) is 0 Å². The van der Waals surface area contributed by atoms with Crippen LogP contribution in [0.25, 0.3) is 10.8 Å². The summed E-state index contributed by atoms with van der Waals surface area (Å²) in [6.45, 7) is 1.08. The number of aryl methyl sites for hydroxylation is 1.